The molecule has 2 amide bonds. The van der Waals surface area contributed by atoms with Crippen molar-refractivity contribution in [3.05, 3.63) is 64.8 Å². The van der Waals surface area contributed by atoms with Crippen molar-refractivity contribution in [2.24, 2.45) is 0 Å². The van der Waals surface area contributed by atoms with Crippen LogP contribution in [0, 0.1) is 11.3 Å². The number of thiophene rings is 1. The van der Waals surface area contributed by atoms with E-state index in [9.17, 15) is 14.9 Å². The summed E-state index contributed by atoms with van der Waals surface area (Å²) in [6.45, 7) is 4.03. The molecule has 0 aliphatic heterocycles. The fraction of sp³-hybridized carbons (Fsp3) is 0.273. The zero-order valence-electron chi connectivity index (χ0n) is 16.6. The normalized spacial score (nSPS) is 15.1. The second-order valence-electron chi connectivity index (χ2n) is 6.85. The van der Waals surface area contributed by atoms with Crippen LogP contribution in [0.2, 0.25) is 0 Å². The highest BCUT2D eigenvalue weighted by Crippen LogP contribution is 2.38. The van der Waals surface area contributed by atoms with Gasteiger partial charge in [-0.25, -0.2) is 4.79 Å². The number of ether oxygens (including phenoxy) is 1. The van der Waals surface area contributed by atoms with Gasteiger partial charge in [0, 0.05) is 43.4 Å². The van der Waals surface area contributed by atoms with Crippen LogP contribution in [-0.4, -0.2) is 41.6 Å². The Labute approximate surface area is 179 Å². The Balaban J connectivity index is 1.68. The minimum absolute atomic E-state index is 0.253. The summed E-state index contributed by atoms with van der Waals surface area (Å²) in [5, 5.41) is 12.9. The van der Waals surface area contributed by atoms with Gasteiger partial charge in [-0.05, 0) is 36.1 Å². The van der Waals surface area contributed by atoms with Crippen molar-refractivity contribution >= 4 is 34.4 Å². The van der Waals surface area contributed by atoms with Crippen molar-refractivity contribution in [2.75, 3.05) is 18.9 Å². The number of nitrogens with zero attached hydrogens (tertiary/aromatic N) is 3. The van der Waals surface area contributed by atoms with E-state index in [1.807, 2.05) is 6.07 Å². The molecule has 3 rings (SSSR count). The highest BCUT2D eigenvalue weighted by molar-refractivity contribution is 7.16. The first-order valence-electron chi connectivity index (χ1n) is 9.48. The number of aromatic nitrogens is 1. The Bertz CT molecular complexity index is 1010. The summed E-state index contributed by atoms with van der Waals surface area (Å²) in [5.74, 6) is -0.317. The molecule has 2 aromatic rings. The Hall–Kier alpha value is -3.44. The SMILES string of the molecule is C=CCN(C)C(=O)OC1CCc2c(sc(NC(=O)C=Cc3cccnc3)c2C#N)C1. The largest absolute Gasteiger partial charge is 0.446 e. The maximum Gasteiger partial charge on any atom is 0.410 e. The standard InChI is InChI=1S/C22H22N4O3S/c1-3-11-26(2)22(28)29-16-7-8-17-18(13-23)21(30-19(17)12-16)25-20(27)9-6-15-5-4-10-24-14-15/h3-6,9-10,14,16H,1,7-8,11-12H2,2H3,(H,25,27). The molecule has 1 atom stereocenters. The van der Waals surface area contributed by atoms with Crippen LogP contribution in [0.5, 0.6) is 0 Å². The van der Waals surface area contributed by atoms with Crippen molar-refractivity contribution in [1.29, 1.82) is 5.26 Å². The van der Waals surface area contributed by atoms with Crippen LogP contribution in [0.1, 0.15) is 28.0 Å². The fourth-order valence-corrected chi connectivity index (χ4v) is 4.43. The van der Waals surface area contributed by atoms with Gasteiger partial charge in [0.25, 0.3) is 0 Å². The molecule has 0 spiro atoms. The summed E-state index contributed by atoms with van der Waals surface area (Å²) in [7, 11) is 1.66. The average Bonchev–Trinajstić information content (AvgIpc) is 3.09. The number of carbonyl (C=O) groups excluding carboxylic acids is 2. The number of rotatable bonds is 6. The van der Waals surface area contributed by atoms with E-state index in [4.69, 9.17) is 4.74 Å². The zero-order chi connectivity index (χ0) is 21.5. The highest BCUT2D eigenvalue weighted by Gasteiger charge is 2.28. The number of nitrogens with one attached hydrogen (secondary N) is 1. The number of pyridine rings is 1. The Morgan fingerprint density at radius 3 is 3.07 bits per heavy atom. The number of likely N-dealkylation sites (N-methyl/N-ethyl adjacent to an activating group) is 1. The summed E-state index contributed by atoms with van der Waals surface area (Å²) in [6, 6.07) is 5.84. The van der Waals surface area contributed by atoms with Gasteiger partial charge in [-0.15, -0.1) is 17.9 Å². The van der Waals surface area contributed by atoms with Gasteiger partial charge in [0.15, 0.2) is 0 Å². The van der Waals surface area contributed by atoms with E-state index in [-0.39, 0.29) is 12.0 Å². The molecular weight excluding hydrogens is 400 g/mol. The molecule has 2 heterocycles. The molecule has 1 aliphatic carbocycles. The molecule has 8 heteroatoms. The molecule has 0 aromatic carbocycles. The van der Waals surface area contributed by atoms with Crippen molar-refractivity contribution in [3.8, 4) is 6.07 Å². The number of nitriles is 1. The van der Waals surface area contributed by atoms with Crippen LogP contribution in [0.3, 0.4) is 0 Å². The fourth-order valence-electron chi connectivity index (χ4n) is 3.16. The van der Waals surface area contributed by atoms with Gasteiger partial charge in [-0.3, -0.25) is 9.78 Å². The monoisotopic (exact) mass is 422 g/mol. The third-order valence-corrected chi connectivity index (χ3v) is 5.83. The Morgan fingerprint density at radius 1 is 1.53 bits per heavy atom. The second-order valence-corrected chi connectivity index (χ2v) is 7.95. The van der Waals surface area contributed by atoms with Gasteiger partial charge >= 0.3 is 6.09 Å². The van der Waals surface area contributed by atoms with E-state index >= 15 is 0 Å². The summed E-state index contributed by atoms with van der Waals surface area (Å²) in [6.07, 6.45) is 9.18. The molecule has 2 aromatic heterocycles. The maximum atomic E-state index is 12.3. The third-order valence-electron chi connectivity index (χ3n) is 4.66. The summed E-state index contributed by atoms with van der Waals surface area (Å²) < 4.78 is 5.57. The van der Waals surface area contributed by atoms with E-state index in [0.717, 1.165) is 16.0 Å². The van der Waals surface area contributed by atoms with Crippen LogP contribution in [-0.2, 0) is 22.4 Å². The molecule has 1 aliphatic rings. The molecule has 0 fully saturated rings. The maximum absolute atomic E-state index is 12.3. The lowest BCUT2D eigenvalue weighted by Gasteiger charge is -2.25. The van der Waals surface area contributed by atoms with E-state index in [1.54, 1.807) is 37.7 Å². The number of hydrogen-bond acceptors (Lipinski definition) is 6. The van der Waals surface area contributed by atoms with Crippen LogP contribution >= 0.6 is 11.3 Å². The van der Waals surface area contributed by atoms with Crippen LogP contribution in [0.25, 0.3) is 6.08 Å². The minimum atomic E-state index is -0.394. The number of carbonyl (C=O) groups is 2. The number of hydrogen-bond donors (Lipinski definition) is 1. The summed E-state index contributed by atoms with van der Waals surface area (Å²) >= 11 is 1.36. The molecule has 7 nitrogen and oxygen atoms in total. The zero-order valence-corrected chi connectivity index (χ0v) is 17.4. The third kappa shape index (κ3) is 5.13. The smallest absolute Gasteiger partial charge is 0.410 e. The lowest BCUT2D eigenvalue weighted by atomic mass is 9.94. The van der Waals surface area contributed by atoms with Gasteiger partial charge in [0.05, 0.1) is 5.56 Å². The predicted molar refractivity (Wildman–Crippen MR) is 116 cm³/mol. The molecule has 0 bridgehead atoms. The minimum Gasteiger partial charge on any atom is -0.446 e. The molecule has 0 saturated heterocycles. The van der Waals surface area contributed by atoms with Crippen LogP contribution in [0.4, 0.5) is 9.80 Å². The second kappa shape index (κ2) is 9.85. The van der Waals surface area contributed by atoms with Crippen molar-refractivity contribution in [1.82, 2.24) is 9.88 Å². The van der Waals surface area contributed by atoms with Gasteiger partial charge in [0.2, 0.25) is 5.91 Å². The van der Waals surface area contributed by atoms with E-state index in [1.165, 1.54) is 22.3 Å². The summed E-state index contributed by atoms with van der Waals surface area (Å²) in [5.41, 5.74) is 2.23. The first-order chi connectivity index (χ1) is 14.5. The summed E-state index contributed by atoms with van der Waals surface area (Å²) in [4.78, 5) is 30.8. The number of amides is 2. The number of anilines is 1. The van der Waals surface area contributed by atoms with Gasteiger partial charge < -0.3 is 15.0 Å². The quantitative estimate of drug-likeness (QED) is 0.565. The van der Waals surface area contributed by atoms with E-state index in [0.29, 0.717) is 36.4 Å². The first kappa shape index (κ1) is 21.3. The van der Waals surface area contributed by atoms with E-state index < -0.39 is 6.09 Å². The van der Waals surface area contributed by atoms with Crippen molar-refractivity contribution in [2.45, 2.75) is 25.4 Å². The van der Waals surface area contributed by atoms with Crippen LogP contribution in [0.15, 0.2) is 43.3 Å². The molecule has 1 unspecified atom stereocenters. The number of fused-ring (bicyclic) bond motifs is 1. The first-order valence-corrected chi connectivity index (χ1v) is 10.3. The topological polar surface area (TPSA) is 95.3 Å². The molecular formula is C22H22N4O3S. The Kier molecular flexibility index (Phi) is 6.99. The molecule has 1 N–H and O–H groups in total. The predicted octanol–water partition coefficient (Wildman–Crippen LogP) is 3.78. The lowest BCUT2D eigenvalue weighted by molar-refractivity contribution is -0.111. The van der Waals surface area contributed by atoms with Crippen molar-refractivity contribution < 1.29 is 14.3 Å². The van der Waals surface area contributed by atoms with Gasteiger partial charge in [-0.2, -0.15) is 5.26 Å². The molecule has 154 valence electrons. The Morgan fingerprint density at radius 2 is 2.37 bits per heavy atom. The molecule has 0 saturated carbocycles. The average molecular weight is 423 g/mol. The van der Waals surface area contributed by atoms with Gasteiger partial charge in [-0.1, -0.05) is 12.1 Å². The van der Waals surface area contributed by atoms with Crippen LogP contribution < -0.4 is 5.32 Å². The van der Waals surface area contributed by atoms with Gasteiger partial charge in [0.1, 0.15) is 17.2 Å². The van der Waals surface area contributed by atoms with E-state index in [2.05, 4.69) is 22.9 Å². The van der Waals surface area contributed by atoms with Crippen molar-refractivity contribution in [3.63, 3.8) is 0 Å². The molecule has 0 radical (unpaired) electrons. The molecule has 30 heavy (non-hydrogen) atoms. The lowest BCUT2D eigenvalue weighted by Crippen LogP contribution is -2.33. The highest BCUT2D eigenvalue weighted by atomic mass is 32.1.